The number of aromatic nitrogens is 1. The summed E-state index contributed by atoms with van der Waals surface area (Å²) < 4.78 is 0. The van der Waals surface area contributed by atoms with E-state index in [4.69, 9.17) is 11.5 Å². The van der Waals surface area contributed by atoms with Gasteiger partial charge >= 0.3 is 0 Å². The Balaban J connectivity index is 2.24. The van der Waals surface area contributed by atoms with Crippen LogP contribution >= 0.6 is 0 Å². The largest absolute Gasteiger partial charge is 0.396 e. The molecule has 0 saturated carbocycles. The molecule has 7 nitrogen and oxygen atoms in total. The normalized spacial score (nSPS) is 18.6. The van der Waals surface area contributed by atoms with Crippen LogP contribution in [0.2, 0.25) is 0 Å². The van der Waals surface area contributed by atoms with E-state index in [9.17, 15) is 9.59 Å². The number of primary amides is 1. The minimum absolute atomic E-state index is 0.0133. The maximum Gasteiger partial charge on any atom is 0.267 e. The Labute approximate surface area is 117 Å². The molecule has 0 bridgehead atoms. The van der Waals surface area contributed by atoms with E-state index in [-0.39, 0.29) is 17.5 Å². The zero-order valence-corrected chi connectivity index (χ0v) is 11.4. The molecule has 2 rings (SSSR count). The molecule has 1 atom stereocenters. The summed E-state index contributed by atoms with van der Waals surface area (Å²) >= 11 is 0. The van der Waals surface area contributed by atoms with Gasteiger partial charge in [0.2, 0.25) is 5.91 Å². The SMILES string of the molecule is CNC(=O)C1CCCN(c2nc(C(N)=O)ccc2N)C1. The third-order valence-electron chi connectivity index (χ3n) is 3.50. The molecule has 20 heavy (non-hydrogen) atoms. The van der Waals surface area contributed by atoms with Crippen molar-refractivity contribution < 1.29 is 9.59 Å². The Bertz CT molecular complexity index is 531. The third-order valence-corrected chi connectivity index (χ3v) is 3.50. The first kappa shape index (κ1) is 14.1. The molecule has 1 fully saturated rings. The van der Waals surface area contributed by atoms with Gasteiger partial charge < -0.3 is 21.7 Å². The summed E-state index contributed by atoms with van der Waals surface area (Å²) in [5, 5.41) is 2.66. The molecule has 0 aromatic carbocycles. The predicted molar refractivity (Wildman–Crippen MR) is 76.2 cm³/mol. The molecule has 1 aromatic rings. The molecule has 1 aromatic heterocycles. The average molecular weight is 277 g/mol. The second-order valence-corrected chi connectivity index (χ2v) is 4.87. The number of rotatable bonds is 3. The van der Waals surface area contributed by atoms with Crippen LogP contribution in [0.4, 0.5) is 11.5 Å². The number of hydrogen-bond donors (Lipinski definition) is 3. The Kier molecular flexibility index (Phi) is 4.07. The molecule has 1 aliphatic rings. The van der Waals surface area contributed by atoms with Crippen LogP contribution in [0.5, 0.6) is 0 Å². The van der Waals surface area contributed by atoms with Crippen LogP contribution in [0.25, 0.3) is 0 Å². The van der Waals surface area contributed by atoms with Crippen LogP contribution in [-0.2, 0) is 4.79 Å². The summed E-state index contributed by atoms with van der Waals surface area (Å²) in [6, 6.07) is 3.12. The fraction of sp³-hybridized carbons (Fsp3) is 0.462. The van der Waals surface area contributed by atoms with Gasteiger partial charge in [0.1, 0.15) is 5.69 Å². The van der Waals surface area contributed by atoms with Crippen LogP contribution < -0.4 is 21.7 Å². The quantitative estimate of drug-likeness (QED) is 0.703. The van der Waals surface area contributed by atoms with Crippen LogP contribution in [-0.4, -0.2) is 36.9 Å². The number of carbonyl (C=O) groups is 2. The molecule has 2 heterocycles. The molecule has 108 valence electrons. The van der Waals surface area contributed by atoms with E-state index >= 15 is 0 Å². The van der Waals surface area contributed by atoms with Crippen molar-refractivity contribution in [3.05, 3.63) is 17.8 Å². The summed E-state index contributed by atoms with van der Waals surface area (Å²) in [7, 11) is 1.63. The zero-order chi connectivity index (χ0) is 14.7. The maximum absolute atomic E-state index is 11.7. The number of nitrogens with two attached hydrogens (primary N) is 2. The summed E-state index contributed by atoms with van der Waals surface area (Å²) in [4.78, 5) is 29.1. The molecular formula is C13H19N5O2. The fourth-order valence-electron chi connectivity index (χ4n) is 2.44. The highest BCUT2D eigenvalue weighted by Crippen LogP contribution is 2.26. The van der Waals surface area contributed by atoms with Crippen molar-refractivity contribution in [3.63, 3.8) is 0 Å². The van der Waals surface area contributed by atoms with E-state index in [1.807, 2.05) is 4.90 Å². The van der Waals surface area contributed by atoms with Gasteiger partial charge in [0, 0.05) is 20.1 Å². The summed E-state index contributed by atoms with van der Waals surface area (Å²) in [6.07, 6.45) is 1.71. The highest BCUT2D eigenvalue weighted by atomic mass is 16.2. The van der Waals surface area contributed by atoms with E-state index in [1.54, 1.807) is 13.1 Å². The lowest BCUT2D eigenvalue weighted by Gasteiger charge is -2.33. The van der Waals surface area contributed by atoms with Crippen LogP contribution in [0.1, 0.15) is 23.3 Å². The molecule has 1 aliphatic heterocycles. The Morgan fingerprint density at radius 2 is 2.20 bits per heavy atom. The van der Waals surface area contributed by atoms with Crippen molar-refractivity contribution in [3.8, 4) is 0 Å². The van der Waals surface area contributed by atoms with E-state index in [0.29, 0.717) is 18.1 Å². The molecular weight excluding hydrogens is 258 g/mol. The zero-order valence-electron chi connectivity index (χ0n) is 11.4. The molecule has 5 N–H and O–H groups in total. The summed E-state index contributed by atoms with van der Waals surface area (Å²) in [5.41, 5.74) is 11.8. The lowest BCUT2D eigenvalue weighted by atomic mass is 9.97. The van der Waals surface area contributed by atoms with Crippen LogP contribution in [0.15, 0.2) is 12.1 Å². The minimum atomic E-state index is -0.592. The number of piperidine rings is 1. The number of anilines is 2. The number of nitrogen functional groups attached to an aromatic ring is 1. The van der Waals surface area contributed by atoms with Gasteiger partial charge in [-0.05, 0) is 25.0 Å². The number of pyridine rings is 1. The second kappa shape index (κ2) is 5.77. The highest BCUT2D eigenvalue weighted by molar-refractivity contribution is 5.92. The van der Waals surface area contributed by atoms with Crippen molar-refractivity contribution in [2.75, 3.05) is 30.8 Å². The van der Waals surface area contributed by atoms with Gasteiger partial charge in [-0.15, -0.1) is 0 Å². The Morgan fingerprint density at radius 3 is 2.85 bits per heavy atom. The fourth-order valence-corrected chi connectivity index (χ4v) is 2.44. The lowest BCUT2D eigenvalue weighted by Crippen LogP contribution is -2.42. The first-order valence-corrected chi connectivity index (χ1v) is 6.55. The molecule has 1 unspecified atom stereocenters. The lowest BCUT2D eigenvalue weighted by molar-refractivity contribution is -0.124. The first-order chi connectivity index (χ1) is 9.52. The van der Waals surface area contributed by atoms with Crippen molar-refractivity contribution in [2.24, 2.45) is 11.7 Å². The molecule has 0 radical (unpaired) electrons. The highest BCUT2D eigenvalue weighted by Gasteiger charge is 2.27. The summed E-state index contributed by atoms with van der Waals surface area (Å²) in [6.45, 7) is 1.30. The Hall–Kier alpha value is -2.31. The van der Waals surface area contributed by atoms with E-state index in [2.05, 4.69) is 10.3 Å². The number of nitrogens with one attached hydrogen (secondary N) is 1. The van der Waals surface area contributed by atoms with Gasteiger partial charge in [0.15, 0.2) is 5.82 Å². The number of amides is 2. The summed E-state index contributed by atoms with van der Waals surface area (Å²) in [5.74, 6) is -0.146. The van der Waals surface area contributed by atoms with E-state index in [1.165, 1.54) is 6.07 Å². The Morgan fingerprint density at radius 1 is 1.45 bits per heavy atom. The van der Waals surface area contributed by atoms with Crippen molar-refractivity contribution >= 4 is 23.3 Å². The number of hydrogen-bond acceptors (Lipinski definition) is 5. The second-order valence-electron chi connectivity index (χ2n) is 4.87. The predicted octanol–water partition coefficient (Wildman–Crippen LogP) is -0.275. The molecule has 0 spiro atoms. The van der Waals surface area contributed by atoms with Crippen molar-refractivity contribution in [2.45, 2.75) is 12.8 Å². The molecule has 2 amide bonds. The first-order valence-electron chi connectivity index (χ1n) is 6.55. The third kappa shape index (κ3) is 2.81. The van der Waals surface area contributed by atoms with Gasteiger partial charge in [0.05, 0.1) is 11.6 Å². The van der Waals surface area contributed by atoms with E-state index in [0.717, 1.165) is 19.4 Å². The number of carbonyl (C=O) groups excluding carboxylic acids is 2. The van der Waals surface area contributed by atoms with Crippen LogP contribution in [0.3, 0.4) is 0 Å². The van der Waals surface area contributed by atoms with E-state index < -0.39 is 5.91 Å². The van der Waals surface area contributed by atoms with Crippen molar-refractivity contribution in [1.29, 1.82) is 0 Å². The van der Waals surface area contributed by atoms with Gasteiger partial charge in [0.25, 0.3) is 5.91 Å². The van der Waals surface area contributed by atoms with Gasteiger partial charge in [-0.2, -0.15) is 0 Å². The van der Waals surface area contributed by atoms with Gasteiger partial charge in [-0.3, -0.25) is 9.59 Å². The number of nitrogens with zero attached hydrogens (tertiary/aromatic N) is 2. The average Bonchev–Trinajstić information content (AvgIpc) is 2.46. The molecule has 7 heteroatoms. The standard InChI is InChI=1S/C13H19N5O2/c1-16-13(20)8-3-2-6-18(7-8)12-9(14)4-5-10(17-12)11(15)19/h4-5,8H,2-3,6-7,14H2,1H3,(H2,15,19)(H,16,20). The maximum atomic E-state index is 11.7. The monoisotopic (exact) mass is 277 g/mol. The van der Waals surface area contributed by atoms with Crippen LogP contribution in [0, 0.1) is 5.92 Å². The molecule has 0 aliphatic carbocycles. The topological polar surface area (TPSA) is 114 Å². The van der Waals surface area contributed by atoms with Crippen molar-refractivity contribution in [1.82, 2.24) is 10.3 Å². The van der Waals surface area contributed by atoms with Gasteiger partial charge in [-0.1, -0.05) is 0 Å². The van der Waals surface area contributed by atoms with Gasteiger partial charge in [-0.25, -0.2) is 4.98 Å². The molecule has 1 saturated heterocycles. The smallest absolute Gasteiger partial charge is 0.267 e. The minimum Gasteiger partial charge on any atom is -0.396 e.